The van der Waals surface area contributed by atoms with Crippen LogP contribution in [0.25, 0.3) is 0 Å². The van der Waals surface area contributed by atoms with Crippen molar-refractivity contribution in [3.05, 3.63) is 0 Å². The van der Waals surface area contributed by atoms with E-state index in [1.807, 2.05) is 0 Å². The lowest BCUT2D eigenvalue weighted by molar-refractivity contribution is -0.147. The Labute approximate surface area is 118 Å². The number of ether oxygens (including phenoxy) is 2. The highest BCUT2D eigenvalue weighted by atomic mass is 16.5. The van der Waals surface area contributed by atoms with Crippen LogP contribution in [0.1, 0.15) is 20.3 Å². The normalized spacial score (nSPS) is 11.8. The minimum Gasteiger partial charge on any atom is -0.480 e. The zero-order chi connectivity index (χ0) is 15.7. The van der Waals surface area contributed by atoms with Crippen molar-refractivity contribution in [3.63, 3.8) is 0 Å². The van der Waals surface area contributed by atoms with Crippen molar-refractivity contribution in [2.24, 2.45) is 0 Å². The van der Waals surface area contributed by atoms with Crippen LogP contribution >= 0.6 is 0 Å². The van der Waals surface area contributed by atoms with Crippen LogP contribution in [0.15, 0.2) is 0 Å². The molecule has 2 amide bonds. The zero-order valence-electron chi connectivity index (χ0n) is 12.2. The highest BCUT2D eigenvalue weighted by Crippen LogP contribution is 2.02. The van der Waals surface area contributed by atoms with E-state index < -0.39 is 30.4 Å². The van der Waals surface area contributed by atoms with Crippen molar-refractivity contribution >= 4 is 18.0 Å². The van der Waals surface area contributed by atoms with Crippen LogP contribution in [-0.4, -0.2) is 67.4 Å². The van der Waals surface area contributed by atoms with E-state index in [2.05, 4.69) is 10.1 Å². The van der Waals surface area contributed by atoms with Gasteiger partial charge in [0, 0.05) is 19.7 Å². The minimum absolute atomic E-state index is 0.127. The Hall–Kier alpha value is -1.83. The first-order valence-corrected chi connectivity index (χ1v) is 6.19. The fourth-order valence-electron chi connectivity index (χ4n) is 1.47. The summed E-state index contributed by atoms with van der Waals surface area (Å²) in [5.41, 5.74) is 0. The third-order valence-corrected chi connectivity index (χ3v) is 2.61. The van der Waals surface area contributed by atoms with Crippen LogP contribution < -0.4 is 5.32 Å². The molecular formula is C12H22N2O6. The third-order valence-electron chi connectivity index (χ3n) is 2.61. The molecule has 0 aromatic carbocycles. The Bertz CT molecular complexity index is 345. The van der Waals surface area contributed by atoms with E-state index in [4.69, 9.17) is 9.84 Å². The van der Waals surface area contributed by atoms with Crippen molar-refractivity contribution in [1.29, 1.82) is 0 Å². The van der Waals surface area contributed by atoms with Crippen LogP contribution in [-0.2, 0) is 19.1 Å². The Morgan fingerprint density at radius 1 is 1.25 bits per heavy atom. The molecule has 116 valence electrons. The lowest BCUT2D eigenvalue weighted by Gasteiger charge is -2.28. The number of methoxy groups -OCH3 is 2. The maximum Gasteiger partial charge on any atom is 0.326 e. The number of amides is 2. The molecule has 0 aliphatic heterocycles. The second-order valence-corrected chi connectivity index (χ2v) is 4.40. The molecule has 8 heteroatoms. The first kappa shape index (κ1) is 18.2. The number of carboxylic acid groups (broad SMARTS) is 1. The predicted octanol–water partition coefficient (Wildman–Crippen LogP) is 0.0691. The van der Waals surface area contributed by atoms with Gasteiger partial charge in [-0.05, 0) is 13.8 Å². The van der Waals surface area contributed by atoms with E-state index in [0.717, 1.165) is 7.11 Å². The molecular weight excluding hydrogens is 268 g/mol. The van der Waals surface area contributed by atoms with Crippen LogP contribution in [0.2, 0.25) is 0 Å². The Morgan fingerprint density at radius 2 is 1.85 bits per heavy atom. The summed E-state index contributed by atoms with van der Waals surface area (Å²) in [5.74, 6) is -2.00. The number of aliphatic carboxylic acids is 1. The van der Waals surface area contributed by atoms with Gasteiger partial charge in [0.2, 0.25) is 0 Å². The van der Waals surface area contributed by atoms with Gasteiger partial charge < -0.3 is 24.8 Å². The molecule has 0 saturated carbocycles. The van der Waals surface area contributed by atoms with Gasteiger partial charge in [-0.3, -0.25) is 4.79 Å². The molecule has 0 saturated heterocycles. The summed E-state index contributed by atoms with van der Waals surface area (Å²) < 4.78 is 9.29. The van der Waals surface area contributed by atoms with E-state index in [-0.39, 0.29) is 6.04 Å². The third kappa shape index (κ3) is 6.37. The lowest BCUT2D eigenvalue weighted by atomic mass is 10.2. The molecule has 0 aromatic heterocycles. The lowest BCUT2D eigenvalue weighted by Crippen LogP contribution is -2.51. The minimum atomic E-state index is -1.32. The number of hydrogen-bond donors (Lipinski definition) is 2. The second-order valence-electron chi connectivity index (χ2n) is 4.40. The van der Waals surface area contributed by atoms with Crippen LogP contribution in [0.3, 0.4) is 0 Å². The highest BCUT2D eigenvalue weighted by molar-refractivity contribution is 5.86. The SMILES string of the molecule is COCCN(C(=O)N[C@@H](CC(=O)OC)C(=O)O)C(C)C. The van der Waals surface area contributed by atoms with Gasteiger partial charge in [0.05, 0.1) is 20.1 Å². The molecule has 1 atom stereocenters. The van der Waals surface area contributed by atoms with Crippen molar-refractivity contribution in [1.82, 2.24) is 10.2 Å². The molecule has 0 spiro atoms. The van der Waals surface area contributed by atoms with Crippen molar-refractivity contribution in [2.75, 3.05) is 27.4 Å². The van der Waals surface area contributed by atoms with E-state index >= 15 is 0 Å². The molecule has 0 unspecified atom stereocenters. The Morgan fingerprint density at radius 3 is 2.25 bits per heavy atom. The van der Waals surface area contributed by atoms with Crippen molar-refractivity contribution in [3.8, 4) is 0 Å². The number of carbonyl (C=O) groups is 3. The van der Waals surface area contributed by atoms with E-state index in [9.17, 15) is 14.4 Å². The second kappa shape index (κ2) is 9.13. The molecule has 0 heterocycles. The monoisotopic (exact) mass is 290 g/mol. The van der Waals surface area contributed by atoms with Gasteiger partial charge >= 0.3 is 18.0 Å². The molecule has 0 aliphatic rings. The quantitative estimate of drug-likeness (QED) is 0.613. The Kier molecular flexibility index (Phi) is 8.30. The maximum absolute atomic E-state index is 12.0. The topological polar surface area (TPSA) is 105 Å². The van der Waals surface area contributed by atoms with Gasteiger partial charge in [0.25, 0.3) is 0 Å². The van der Waals surface area contributed by atoms with Gasteiger partial charge in [-0.15, -0.1) is 0 Å². The van der Waals surface area contributed by atoms with Gasteiger partial charge in [0.15, 0.2) is 0 Å². The maximum atomic E-state index is 12.0. The number of urea groups is 1. The largest absolute Gasteiger partial charge is 0.480 e. The average Bonchev–Trinajstić information content (AvgIpc) is 2.37. The number of hydrogen-bond acceptors (Lipinski definition) is 5. The van der Waals surface area contributed by atoms with Gasteiger partial charge in [0.1, 0.15) is 6.04 Å². The van der Waals surface area contributed by atoms with Crippen LogP contribution in [0.5, 0.6) is 0 Å². The van der Waals surface area contributed by atoms with E-state index in [1.165, 1.54) is 12.0 Å². The molecule has 8 nitrogen and oxygen atoms in total. The number of carbonyl (C=O) groups excluding carboxylic acids is 2. The predicted molar refractivity (Wildman–Crippen MR) is 70.3 cm³/mol. The van der Waals surface area contributed by atoms with Gasteiger partial charge in [-0.25, -0.2) is 9.59 Å². The number of esters is 1. The van der Waals surface area contributed by atoms with Gasteiger partial charge in [-0.1, -0.05) is 0 Å². The molecule has 0 fully saturated rings. The number of nitrogens with one attached hydrogen (secondary N) is 1. The summed E-state index contributed by atoms with van der Waals surface area (Å²) in [6.45, 7) is 4.25. The Balaban J connectivity index is 4.70. The molecule has 0 aromatic rings. The first-order valence-electron chi connectivity index (χ1n) is 6.19. The summed E-state index contributed by atoms with van der Waals surface area (Å²) in [7, 11) is 2.66. The summed E-state index contributed by atoms with van der Waals surface area (Å²) in [6, 6.07) is -2.01. The number of carboxylic acids is 1. The standard InChI is InChI=1S/C12H22N2O6/c1-8(2)14(5-6-19-3)12(18)13-9(11(16)17)7-10(15)20-4/h8-9H,5-7H2,1-4H3,(H,13,18)(H,16,17)/t9-/m0/s1. The number of nitrogens with zero attached hydrogens (tertiary/aromatic N) is 1. The van der Waals surface area contributed by atoms with Crippen molar-refractivity contribution < 1.29 is 29.0 Å². The van der Waals surface area contributed by atoms with Crippen LogP contribution in [0, 0.1) is 0 Å². The zero-order valence-corrected chi connectivity index (χ0v) is 12.2. The van der Waals surface area contributed by atoms with Crippen LogP contribution in [0.4, 0.5) is 4.79 Å². The summed E-state index contributed by atoms with van der Waals surface area (Å²) in [5, 5.41) is 11.3. The first-order chi connectivity index (χ1) is 9.33. The summed E-state index contributed by atoms with van der Waals surface area (Å²) >= 11 is 0. The average molecular weight is 290 g/mol. The molecule has 0 bridgehead atoms. The molecule has 0 radical (unpaired) electrons. The molecule has 20 heavy (non-hydrogen) atoms. The van der Waals surface area contributed by atoms with Gasteiger partial charge in [-0.2, -0.15) is 0 Å². The molecule has 0 rings (SSSR count). The highest BCUT2D eigenvalue weighted by Gasteiger charge is 2.26. The van der Waals surface area contributed by atoms with E-state index in [1.54, 1.807) is 13.8 Å². The number of rotatable bonds is 8. The summed E-state index contributed by atoms with van der Waals surface area (Å²) in [4.78, 5) is 35.6. The smallest absolute Gasteiger partial charge is 0.326 e. The fourth-order valence-corrected chi connectivity index (χ4v) is 1.47. The van der Waals surface area contributed by atoms with Crippen molar-refractivity contribution in [2.45, 2.75) is 32.4 Å². The van der Waals surface area contributed by atoms with E-state index in [0.29, 0.717) is 13.2 Å². The fraction of sp³-hybridized carbons (Fsp3) is 0.750. The molecule has 2 N–H and O–H groups in total. The summed E-state index contributed by atoms with van der Waals surface area (Å²) in [6.07, 6.45) is -0.423. The molecule has 0 aliphatic carbocycles.